The first-order valence-electron chi connectivity index (χ1n) is 12.6. The van der Waals surface area contributed by atoms with Crippen LogP contribution in [-0.2, 0) is 22.7 Å². The van der Waals surface area contributed by atoms with E-state index in [2.05, 4.69) is 11.4 Å². The quantitative estimate of drug-likeness (QED) is 0.299. The summed E-state index contributed by atoms with van der Waals surface area (Å²) >= 11 is 0. The molecule has 5 N–H and O–H groups in total. The van der Waals surface area contributed by atoms with Crippen LogP contribution in [0, 0.1) is 11.3 Å². The predicted octanol–water partition coefficient (Wildman–Crippen LogP) is 3.95. The van der Waals surface area contributed by atoms with Gasteiger partial charge in [0.2, 0.25) is 11.8 Å². The molecule has 0 aliphatic carbocycles. The van der Waals surface area contributed by atoms with Crippen LogP contribution in [0.4, 0.5) is 4.79 Å². The predicted molar refractivity (Wildman–Crippen MR) is 145 cm³/mol. The number of carbonyl (C=O) groups is 3. The highest BCUT2D eigenvalue weighted by Crippen LogP contribution is 2.29. The Balaban J connectivity index is 1.98. The van der Waals surface area contributed by atoms with E-state index in [1.165, 1.54) is 0 Å². The molecule has 196 valence electrons. The maximum Gasteiger partial charge on any atom is 0.312 e. The van der Waals surface area contributed by atoms with E-state index in [1.807, 2.05) is 84.9 Å². The van der Waals surface area contributed by atoms with Crippen molar-refractivity contribution in [2.45, 2.75) is 50.7 Å². The Morgan fingerprint density at radius 3 is 1.87 bits per heavy atom. The first kappa shape index (κ1) is 27.9. The number of amides is 4. The van der Waals surface area contributed by atoms with Gasteiger partial charge in [0.25, 0.3) is 0 Å². The number of primary amides is 2. The Hall–Kier alpha value is -4.64. The number of unbranched alkanes of at least 4 members (excludes halogenated alkanes) is 2. The minimum absolute atomic E-state index is 0.171. The largest absolute Gasteiger partial charge is 0.368 e. The van der Waals surface area contributed by atoms with E-state index in [4.69, 9.17) is 16.7 Å². The van der Waals surface area contributed by atoms with Crippen molar-refractivity contribution in [1.29, 1.82) is 5.26 Å². The molecule has 0 bridgehead atoms. The lowest BCUT2D eigenvalue weighted by atomic mass is 9.89. The Labute approximate surface area is 223 Å². The maximum absolute atomic E-state index is 14.3. The molecule has 3 rings (SSSR count). The van der Waals surface area contributed by atoms with Gasteiger partial charge in [0.1, 0.15) is 6.04 Å². The molecule has 0 heterocycles. The molecule has 8 heteroatoms. The highest BCUT2D eigenvalue weighted by atomic mass is 16.2. The Bertz CT molecular complexity index is 1200. The molecule has 3 aromatic rings. The van der Waals surface area contributed by atoms with Gasteiger partial charge in [0.05, 0.1) is 12.0 Å². The number of nitriles is 1. The van der Waals surface area contributed by atoms with Crippen LogP contribution in [0.1, 0.15) is 53.9 Å². The third-order valence-electron chi connectivity index (χ3n) is 6.36. The number of hydrogen-bond acceptors (Lipinski definition) is 4. The minimum atomic E-state index is -0.840. The molecule has 0 aliphatic rings. The summed E-state index contributed by atoms with van der Waals surface area (Å²) in [5.41, 5.74) is 14.3. The average Bonchev–Trinajstić information content (AvgIpc) is 2.93. The average molecular weight is 512 g/mol. The van der Waals surface area contributed by atoms with Gasteiger partial charge in [0.15, 0.2) is 0 Å². The fourth-order valence-electron chi connectivity index (χ4n) is 4.42. The smallest absolute Gasteiger partial charge is 0.312 e. The number of benzene rings is 3. The summed E-state index contributed by atoms with van der Waals surface area (Å²) < 4.78 is 0. The second-order valence-electron chi connectivity index (χ2n) is 9.08. The van der Waals surface area contributed by atoms with Crippen LogP contribution < -0.4 is 16.8 Å². The highest BCUT2D eigenvalue weighted by molar-refractivity contribution is 5.92. The van der Waals surface area contributed by atoms with Crippen molar-refractivity contribution in [3.63, 3.8) is 0 Å². The van der Waals surface area contributed by atoms with E-state index in [1.54, 1.807) is 4.90 Å². The lowest BCUT2D eigenvalue weighted by molar-refractivity contribution is -0.141. The molecule has 3 aromatic carbocycles. The normalized spacial score (nSPS) is 11.4. The zero-order valence-corrected chi connectivity index (χ0v) is 21.3. The second-order valence-corrected chi connectivity index (χ2v) is 9.08. The summed E-state index contributed by atoms with van der Waals surface area (Å²) in [7, 11) is 0. The van der Waals surface area contributed by atoms with Crippen LogP contribution in [0.5, 0.6) is 0 Å². The number of rotatable bonds is 13. The van der Waals surface area contributed by atoms with Gasteiger partial charge in [-0.15, -0.1) is 0 Å². The van der Waals surface area contributed by atoms with Crippen LogP contribution >= 0.6 is 0 Å². The van der Waals surface area contributed by atoms with E-state index >= 15 is 0 Å². The van der Waals surface area contributed by atoms with Gasteiger partial charge in [-0.2, -0.15) is 5.26 Å². The molecule has 1 atom stereocenters. The van der Waals surface area contributed by atoms with Crippen molar-refractivity contribution in [2.75, 3.05) is 0 Å². The van der Waals surface area contributed by atoms with Crippen LogP contribution in [-0.4, -0.2) is 28.8 Å². The van der Waals surface area contributed by atoms with E-state index in [9.17, 15) is 14.4 Å². The molecular weight excluding hydrogens is 478 g/mol. The molecule has 4 amide bonds. The molecule has 0 aromatic heterocycles. The summed E-state index contributed by atoms with van der Waals surface area (Å²) in [6.45, 7) is 0.454. The first-order chi connectivity index (χ1) is 18.4. The molecule has 0 fully saturated rings. The summed E-state index contributed by atoms with van der Waals surface area (Å²) in [5, 5.41) is 11.5. The van der Waals surface area contributed by atoms with Crippen LogP contribution in [0.3, 0.4) is 0 Å². The zero-order valence-electron chi connectivity index (χ0n) is 21.3. The summed E-state index contributed by atoms with van der Waals surface area (Å²) in [6, 6.07) is 27.0. The van der Waals surface area contributed by atoms with Crippen molar-refractivity contribution in [3.8, 4) is 6.07 Å². The summed E-state index contributed by atoms with van der Waals surface area (Å²) in [4.78, 5) is 39.6. The van der Waals surface area contributed by atoms with Crippen molar-refractivity contribution in [2.24, 2.45) is 11.5 Å². The van der Waals surface area contributed by atoms with E-state index in [0.29, 0.717) is 25.7 Å². The van der Waals surface area contributed by atoms with Crippen LogP contribution in [0.15, 0.2) is 84.9 Å². The van der Waals surface area contributed by atoms with Gasteiger partial charge in [-0.3, -0.25) is 9.59 Å². The Kier molecular flexibility index (Phi) is 10.4. The van der Waals surface area contributed by atoms with Crippen molar-refractivity contribution in [3.05, 3.63) is 107 Å². The topological polar surface area (TPSA) is 142 Å². The third kappa shape index (κ3) is 7.93. The van der Waals surface area contributed by atoms with E-state index in [0.717, 1.165) is 22.3 Å². The maximum atomic E-state index is 14.3. The lowest BCUT2D eigenvalue weighted by Gasteiger charge is -2.33. The van der Waals surface area contributed by atoms with Gasteiger partial charge in [-0.1, -0.05) is 84.9 Å². The number of hydrogen-bond donors (Lipinski definition) is 3. The molecule has 38 heavy (non-hydrogen) atoms. The fourth-order valence-corrected chi connectivity index (χ4v) is 4.42. The van der Waals surface area contributed by atoms with E-state index < -0.39 is 23.9 Å². The summed E-state index contributed by atoms with van der Waals surface area (Å²) in [6.07, 6.45) is 1.94. The zero-order chi connectivity index (χ0) is 27.3. The van der Waals surface area contributed by atoms with Gasteiger partial charge < -0.3 is 21.7 Å². The standard InChI is InChI=1S/C30H33N5O3/c31-19-9-3-8-14-26(28(32)36)35(21-23-17-15-22(16-18-23)20-34-30(33)38)29(37)27(24-10-4-1-5-11-24)25-12-6-2-7-13-25/h1-2,4-7,10-13,15-18,26-27H,3,8-9,14,20-21H2,(H2,32,36)(H3,33,34,38)/t26-/m1/s1. The fraction of sp³-hybridized carbons (Fsp3) is 0.267. The Morgan fingerprint density at radius 2 is 1.37 bits per heavy atom. The molecule has 0 saturated heterocycles. The van der Waals surface area contributed by atoms with Gasteiger partial charge >= 0.3 is 6.03 Å². The first-order valence-corrected chi connectivity index (χ1v) is 12.6. The summed E-state index contributed by atoms with van der Waals surface area (Å²) in [5.74, 6) is -1.44. The SMILES string of the molecule is N#CCCCC[C@H](C(N)=O)N(Cc1ccc(CNC(N)=O)cc1)C(=O)C(c1ccccc1)c1ccccc1. The van der Waals surface area contributed by atoms with Crippen molar-refractivity contribution in [1.82, 2.24) is 10.2 Å². The van der Waals surface area contributed by atoms with Crippen LogP contribution in [0.25, 0.3) is 0 Å². The molecule has 0 spiro atoms. The van der Waals surface area contributed by atoms with Crippen LogP contribution in [0.2, 0.25) is 0 Å². The van der Waals surface area contributed by atoms with Gasteiger partial charge in [-0.25, -0.2) is 4.79 Å². The van der Waals surface area contributed by atoms with E-state index in [-0.39, 0.29) is 19.0 Å². The lowest BCUT2D eigenvalue weighted by Crippen LogP contribution is -2.49. The molecule has 0 unspecified atom stereocenters. The highest BCUT2D eigenvalue weighted by Gasteiger charge is 2.34. The number of nitrogens with one attached hydrogen (secondary N) is 1. The molecule has 8 nitrogen and oxygen atoms in total. The molecule has 0 radical (unpaired) electrons. The number of nitrogens with zero attached hydrogens (tertiary/aromatic N) is 2. The monoisotopic (exact) mass is 511 g/mol. The van der Waals surface area contributed by atoms with Crippen molar-refractivity contribution < 1.29 is 14.4 Å². The van der Waals surface area contributed by atoms with Gasteiger partial charge in [-0.05, 0) is 41.5 Å². The number of urea groups is 1. The third-order valence-corrected chi connectivity index (χ3v) is 6.36. The van der Waals surface area contributed by atoms with Crippen molar-refractivity contribution >= 4 is 17.8 Å². The number of nitrogens with two attached hydrogens (primary N) is 2. The molecule has 0 saturated carbocycles. The molecular formula is C30H33N5O3. The number of carbonyl (C=O) groups excluding carboxylic acids is 3. The second kappa shape index (κ2) is 14.2. The minimum Gasteiger partial charge on any atom is -0.368 e. The molecule has 0 aliphatic heterocycles. The van der Waals surface area contributed by atoms with Gasteiger partial charge in [0, 0.05) is 19.5 Å². The Morgan fingerprint density at radius 1 is 0.816 bits per heavy atom.